The van der Waals surface area contributed by atoms with Crippen LogP contribution in [0, 0.1) is 0 Å². The number of nitrogens with two attached hydrogens (primary N) is 1. The summed E-state index contributed by atoms with van der Waals surface area (Å²) in [6.45, 7) is 14.2. The third-order valence-corrected chi connectivity index (χ3v) is 8.22. The van der Waals surface area contributed by atoms with Gasteiger partial charge in [-0.3, -0.25) is 0 Å². The van der Waals surface area contributed by atoms with E-state index in [0.717, 1.165) is 5.57 Å². The maximum Gasteiger partial charge on any atom is 0.0244 e. The van der Waals surface area contributed by atoms with E-state index in [-0.39, 0.29) is 0 Å². The molecule has 0 saturated carbocycles. The lowest BCUT2D eigenvalue weighted by Crippen LogP contribution is -2.02. The molecule has 0 amide bonds. The first-order valence-corrected chi connectivity index (χ1v) is 17.6. The lowest BCUT2D eigenvalue weighted by Gasteiger charge is -2.15. The summed E-state index contributed by atoms with van der Waals surface area (Å²) in [6.07, 6.45) is 7.62. The Kier molecular flexibility index (Phi) is 15.6. The molecular formula is C47H54N2. The van der Waals surface area contributed by atoms with Gasteiger partial charge in [-0.25, -0.2) is 0 Å². The zero-order valence-corrected chi connectivity index (χ0v) is 30.7. The summed E-state index contributed by atoms with van der Waals surface area (Å²) in [5.41, 5.74) is 18.8. The molecule has 1 heterocycles. The maximum absolute atomic E-state index is 5.14. The molecule has 5 aromatic carbocycles. The normalized spacial score (nSPS) is 11.3. The average Bonchev–Trinajstić information content (AvgIpc) is 3.62. The third-order valence-electron chi connectivity index (χ3n) is 8.22. The molecule has 0 bridgehead atoms. The molecule has 1 atom stereocenters. The number of hydrogen-bond donors (Lipinski definition) is 1. The Bertz CT molecular complexity index is 1910. The van der Waals surface area contributed by atoms with Gasteiger partial charge in [-0.2, -0.15) is 0 Å². The zero-order valence-electron chi connectivity index (χ0n) is 30.7. The molecule has 1 aromatic heterocycles. The Balaban J connectivity index is 0.000000522. The molecule has 0 aliphatic carbocycles. The minimum absolute atomic E-state index is 0.333. The second kappa shape index (κ2) is 20.1. The van der Waals surface area contributed by atoms with Crippen LogP contribution in [0.15, 0.2) is 170 Å². The second-order valence-corrected chi connectivity index (χ2v) is 11.4. The number of aromatic nitrogens is 1. The molecule has 2 nitrogen and oxygen atoms in total. The molecule has 0 fully saturated rings. The van der Waals surface area contributed by atoms with Crippen molar-refractivity contribution in [3.63, 3.8) is 0 Å². The van der Waals surface area contributed by atoms with Crippen LogP contribution in [0.5, 0.6) is 0 Å². The van der Waals surface area contributed by atoms with Gasteiger partial charge in [0, 0.05) is 24.9 Å². The summed E-state index contributed by atoms with van der Waals surface area (Å²) in [5.74, 6) is 0.333. The fourth-order valence-electron chi connectivity index (χ4n) is 5.75. The van der Waals surface area contributed by atoms with E-state index in [1.807, 2.05) is 53.7 Å². The van der Waals surface area contributed by atoms with E-state index < -0.39 is 0 Å². The lowest BCUT2D eigenvalue weighted by atomic mass is 9.91. The van der Waals surface area contributed by atoms with Crippen molar-refractivity contribution in [2.24, 2.45) is 12.8 Å². The van der Waals surface area contributed by atoms with Crippen LogP contribution in [0.25, 0.3) is 44.5 Å². The summed E-state index contributed by atoms with van der Waals surface area (Å²) in [4.78, 5) is 0. The molecular weight excluding hydrogens is 593 g/mol. The largest absolute Gasteiger partial charge is 0.404 e. The second-order valence-electron chi connectivity index (χ2n) is 11.4. The zero-order chi connectivity index (χ0) is 35.6. The summed E-state index contributed by atoms with van der Waals surface area (Å²) in [6, 6.07) is 50.4. The van der Waals surface area contributed by atoms with Crippen molar-refractivity contribution >= 4 is 0 Å². The van der Waals surface area contributed by atoms with E-state index >= 15 is 0 Å². The van der Waals surface area contributed by atoms with Gasteiger partial charge in [-0.1, -0.05) is 162 Å². The summed E-state index contributed by atoms with van der Waals surface area (Å²) >= 11 is 0. The predicted octanol–water partition coefficient (Wildman–Crippen LogP) is 13.3. The summed E-state index contributed by atoms with van der Waals surface area (Å²) in [5, 5.41) is 0. The predicted molar refractivity (Wildman–Crippen MR) is 217 cm³/mol. The molecule has 49 heavy (non-hydrogen) atoms. The molecule has 0 radical (unpaired) electrons. The van der Waals surface area contributed by atoms with Gasteiger partial charge in [0.15, 0.2) is 0 Å². The van der Waals surface area contributed by atoms with E-state index in [2.05, 4.69) is 164 Å². The van der Waals surface area contributed by atoms with Crippen LogP contribution < -0.4 is 5.73 Å². The number of hydrogen-bond acceptors (Lipinski definition) is 1. The SMILES string of the molecule is C/C=C\C(C)=C/N.CC.CC.CC(c1cccc(-c2cccc(-c3cccc(-c4ccccc4-c4ccccc4)c3)c2)c1)c1cccn1C. The standard InChI is InChI=1S/C37H31N.C6H11N.2C2H6/c1-27(37-22-11-23-38(37)2)29-14-8-15-30(24-29)31-16-9-17-32(25-31)33-18-10-19-34(26-33)36-21-7-6-20-35(36)28-12-4-3-5-13-28;1-3-4-6(2)5-7;2*1-2/h3-27H,1-2H3;3-5H,7H2,1-2H3;2*1-2H3/b;4-3-,6-5-;;. The van der Waals surface area contributed by atoms with E-state index in [1.165, 1.54) is 55.8 Å². The topological polar surface area (TPSA) is 30.9 Å². The number of benzene rings is 5. The first-order chi connectivity index (χ1) is 24.0. The van der Waals surface area contributed by atoms with Gasteiger partial charge in [0.25, 0.3) is 0 Å². The molecule has 252 valence electrons. The van der Waals surface area contributed by atoms with Crippen molar-refractivity contribution in [3.8, 4) is 44.5 Å². The van der Waals surface area contributed by atoms with Crippen molar-refractivity contribution in [2.75, 3.05) is 0 Å². The monoisotopic (exact) mass is 646 g/mol. The minimum atomic E-state index is 0.333. The van der Waals surface area contributed by atoms with Gasteiger partial charge in [0.1, 0.15) is 0 Å². The quantitative estimate of drug-likeness (QED) is 0.172. The Morgan fingerprint density at radius 2 is 1.04 bits per heavy atom. The first kappa shape index (κ1) is 38.1. The highest BCUT2D eigenvalue weighted by atomic mass is 14.9. The van der Waals surface area contributed by atoms with Crippen LogP contribution in [-0.4, -0.2) is 4.57 Å². The molecule has 0 spiro atoms. The van der Waals surface area contributed by atoms with Gasteiger partial charge >= 0.3 is 0 Å². The van der Waals surface area contributed by atoms with Crippen molar-refractivity contribution in [2.45, 2.75) is 54.4 Å². The number of aryl methyl sites for hydroxylation is 1. The molecule has 2 heteroatoms. The fraction of sp³-hybridized carbons (Fsp3) is 0.191. The molecule has 6 aromatic rings. The van der Waals surface area contributed by atoms with Gasteiger partial charge in [-0.05, 0) is 100.0 Å². The summed E-state index contributed by atoms with van der Waals surface area (Å²) < 4.78 is 2.21. The first-order valence-electron chi connectivity index (χ1n) is 17.6. The molecule has 6 rings (SSSR count). The maximum atomic E-state index is 5.14. The highest BCUT2D eigenvalue weighted by Gasteiger charge is 2.13. The van der Waals surface area contributed by atoms with Crippen molar-refractivity contribution in [1.29, 1.82) is 0 Å². The molecule has 0 aliphatic rings. The highest BCUT2D eigenvalue weighted by Crippen LogP contribution is 2.35. The molecule has 1 unspecified atom stereocenters. The number of allylic oxidation sites excluding steroid dienone is 3. The van der Waals surface area contributed by atoms with Crippen LogP contribution in [0.4, 0.5) is 0 Å². The van der Waals surface area contributed by atoms with E-state index in [1.54, 1.807) is 6.20 Å². The smallest absolute Gasteiger partial charge is 0.0244 e. The Morgan fingerprint density at radius 3 is 1.55 bits per heavy atom. The molecule has 0 saturated heterocycles. The Labute approximate surface area is 296 Å². The minimum Gasteiger partial charge on any atom is -0.404 e. The average molecular weight is 647 g/mol. The summed E-state index contributed by atoms with van der Waals surface area (Å²) in [7, 11) is 2.12. The van der Waals surface area contributed by atoms with E-state index in [0.29, 0.717) is 5.92 Å². The number of nitrogens with zero attached hydrogens (tertiary/aromatic N) is 1. The van der Waals surface area contributed by atoms with Crippen LogP contribution in [0.1, 0.15) is 65.6 Å². The van der Waals surface area contributed by atoms with Gasteiger partial charge in [0.2, 0.25) is 0 Å². The van der Waals surface area contributed by atoms with E-state index in [9.17, 15) is 0 Å². The molecule has 0 aliphatic heterocycles. The fourth-order valence-corrected chi connectivity index (χ4v) is 5.75. The van der Waals surface area contributed by atoms with Crippen LogP contribution in [0.2, 0.25) is 0 Å². The highest BCUT2D eigenvalue weighted by molar-refractivity contribution is 5.85. The van der Waals surface area contributed by atoms with Crippen molar-refractivity contribution in [1.82, 2.24) is 4.57 Å². The Morgan fingerprint density at radius 1 is 0.571 bits per heavy atom. The third kappa shape index (κ3) is 10.3. The lowest BCUT2D eigenvalue weighted by molar-refractivity contribution is 0.770. The van der Waals surface area contributed by atoms with Gasteiger partial charge in [-0.15, -0.1) is 0 Å². The van der Waals surface area contributed by atoms with Gasteiger partial charge in [0.05, 0.1) is 0 Å². The van der Waals surface area contributed by atoms with Crippen LogP contribution in [0.3, 0.4) is 0 Å². The van der Waals surface area contributed by atoms with Crippen molar-refractivity contribution in [3.05, 3.63) is 181 Å². The van der Waals surface area contributed by atoms with Crippen molar-refractivity contribution < 1.29 is 0 Å². The number of rotatable bonds is 7. The molecule has 2 N–H and O–H groups in total. The Hall–Kier alpha value is -5.34. The van der Waals surface area contributed by atoms with Crippen LogP contribution >= 0.6 is 0 Å². The van der Waals surface area contributed by atoms with E-state index in [4.69, 9.17) is 5.73 Å². The van der Waals surface area contributed by atoms with Gasteiger partial charge < -0.3 is 10.3 Å². The van der Waals surface area contributed by atoms with Crippen LogP contribution in [-0.2, 0) is 7.05 Å².